The van der Waals surface area contributed by atoms with Crippen LogP contribution in [0.2, 0.25) is 0 Å². The largest absolute Gasteiger partial charge is 0.352 e. The van der Waals surface area contributed by atoms with Crippen LogP contribution >= 0.6 is 0 Å². The van der Waals surface area contributed by atoms with Gasteiger partial charge in [0.1, 0.15) is 6.04 Å². The Morgan fingerprint density at radius 2 is 1.64 bits per heavy atom. The van der Waals surface area contributed by atoms with E-state index in [2.05, 4.69) is 11.4 Å². The first kappa shape index (κ1) is 21.7. The third-order valence-electron chi connectivity index (χ3n) is 5.08. The normalized spacial score (nSPS) is 12.9. The number of benzene rings is 2. The molecule has 0 bridgehead atoms. The number of rotatable bonds is 8. The monoisotopic (exact) mass is 380 g/mol. The van der Waals surface area contributed by atoms with E-state index in [0.717, 1.165) is 28.7 Å². The third-order valence-corrected chi connectivity index (χ3v) is 5.08. The summed E-state index contributed by atoms with van der Waals surface area (Å²) in [4.78, 5) is 27.5. The van der Waals surface area contributed by atoms with Crippen LogP contribution in [0.1, 0.15) is 49.4 Å². The number of hydrogen-bond donors (Lipinski definition) is 1. The first-order chi connectivity index (χ1) is 13.3. The predicted octanol–water partition coefficient (Wildman–Crippen LogP) is 4.18. The summed E-state index contributed by atoms with van der Waals surface area (Å²) in [6.45, 7) is 10.3. The molecular weight excluding hydrogens is 348 g/mol. The summed E-state index contributed by atoms with van der Waals surface area (Å²) in [6, 6.07) is 15.6. The Balaban J connectivity index is 2.22. The molecule has 4 heteroatoms. The SMILES string of the molecule is CCC(C)NC(=O)C(C)N(Cc1cccc(C)c1)C(=O)Cc1ccc(C)cc1. The van der Waals surface area contributed by atoms with Crippen molar-refractivity contribution in [3.8, 4) is 0 Å². The highest BCUT2D eigenvalue weighted by Gasteiger charge is 2.26. The zero-order valence-corrected chi connectivity index (χ0v) is 17.7. The van der Waals surface area contributed by atoms with Crippen LogP contribution in [0.5, 0.6) is 0 Å². The molecule has 4 nitrogen and oxygen atoms in total. The summed E-state index contributed by atoms with van der Waals surface area (Å²) >= 11 is 0. The van der Waals surface area contributed by atoms with Gasteiger partial charge in [0, 0.05) is 12.6 Å². The van der Waals surface area contributed by atoms with Gasteiger partial charge in [-0.15, -0.1) is 0 Å². The summed E-state index contributed by atoms with van der Waals surface area (Å²) in [5, 5.41) is 3.00. The van der Waals surface area contributed by atoms with Crippen molar-refractivity contribution < 1.29 is 9.59 Å². The summed E-state index contributed by atoms with van der Waals surface area (Å²) in [7, 11) is 0. The van der Waals surface area contributed by atoms with Gasteiger partial charge < -0.3 is 10.2 Å². The number of carbonyl (C=O) groups excluding carboxylic acids is 2. The molecule has 2 amide bonds. The van der Waals surface area contributed by atoms with Gasteiger partial charge in [0.15, 0.2) is 0 Å². The minimum absolute atomic E-state index is 0.0443. The Bertz CT molecular complexity index is 799. The van der Waals surface area contributed by atoms with Crippen LogP contribution in [0, 0.1) is 13.8 Å². The molecular formula is C24H32N2O2. The van der Waals surface area contributed by atoms with Crippen molar-refractivity contribution in [3.05, 3.63) is 70.8 Å². The van der Waals surface area contributed by atoms with Gasteiger partial charge in [0.25, 0.3) is 0 Å². The van der Waals surface area contributed by atoms with Gasteiger partial charge in [-0.3, -0.25) is 9.59 Å². The summed E-state index contributed by atoms with van der Waals surface area (Å²) in [5.74, 6) is -0.156. The number of nitrogens with one attached hydrogen (secondary N) is 1. The van der Waals surface area contributed by atoms with Crippen molar-refractivity contribution in [2.75, 3.05) is 0 Å². The molecule has 0 radical (unpaired) electrons. The number of amides is 2. The second-order valence-corrected chi connectivity index (χ2v) is 7.67. The Kier molecular flexibility index (Phi) is 7.80. The number of hydrogen-bond acceptors (Lipinski definition) is 2. The van der Waals surface area contributed by atoms with Gasteiger partial charge in [0.2, 0.25) is 11.8 Å². The van der Waals surface area contributed by atoms with Crippen LogP contribution in [0.4, 0.5) is 0 Å². The van der Waals surface area contributed by atoms with Crippen LogP contribution in [0.3, 0.4) is 0 Å². The number of nitrogens with zero attached hydrogens (tertiary/aromatic N) is 1. The van der Waals surface area contributed by atoms with Crippen molar-refractivity contribution in [2.45, 2.75) is 66.1 Å². The molecule has 0 aliphatic carbocycles. The summed E-state index contributed by atoms with van der Waals surface area (Å²) in [6.07, 6.45) is 1.14. The standard InChI is InChI=1S/C24H32N2O2/c1-6-19(4)25-24(28)20(5)26(16-22-9-7-8-18(3)14-22)23(27)15-21-12-10-17(2)11-13-21/h7-14,19-20H,6,15-16H2,1-5H3,(H,25,28). The average Bonchev–Trinajstić information content (AvgIpc) is 2.67. The second kappa shape index (κ2) is 10.1. The highest BCUT2D eigenvalue weighted by Crippen LogP contribution is 2.14. The molecule has 0 heterocycles. The van der Waals surface area contributed by atoms with Crippen LogP contribution < -0.4 is 5.32 Å². The van der Waals surface area contributed by atoms with Crippen LogP contribution in [-0.2, 0) is 22.6 Å². The topological polar surface area (TPSA) is 49.4 Å². The number of aryl methyl sites for hydroxylation is 2. The maximum absolute atomic E-state index is 13.1. The van der Waals surface area contributed by atoms with E-state index in [4.69, 9.17) is 0 Å². The fraction of sp³-hybridized carbons (Fsp3) is 0.417. The Morgan fingerprint density at radius 3 is 2.25 bits per heavy atom. The first-order valence-corrected chi connectivity index (χ1v) is 10.0. The predicted molar refractivity (Wildman–Crippen MR) is 114 cm³/mol. The quantitative estimate of drug-likeness (QED) is 0.747. The molecule has 0 spiro atoms. The van der Waals surface area contributed by atoms with E-state index in [1.165, 1.54) is 0 Å². The molecule has 2 atom stereocenters. The lowest BCUT2D eigenvalue weighted by atomic mass is 10.1. The smallest absolute Gasteiger partial charge is 0.242 e. The zero-order valence-electron chi connectivity index (χ0n) is 17.7. The minimum Gasteiger partial charge on any atom is -0.352 e. The third kappa shape index (κ3) is 6.22. The van der Waals surface area contributed by atoms with Crippen molar-refractivity contribution in [1.29, 1.82) is 0 Å². The lowest BCUT2D eigenvalue weighted by molar-refractivity contribution is -0.140. The highest BCUT2D eigenvalue weighted by atomic mass is 16.2. The molecule has 0 fully saturated rings. The molecule has 2 aromatic carbocycles. The van der Waals surface area contributed by atoms with Gasteiger partial charge in [-0.1, -0.05) is 66.6 Å². The van der Waals surface area contributed by atoms with E-state index in [9.17, 15) is 9.59 Å². The molecule has 0 aliphatic rings. The molecule has 150 valence electrons. The molecule has 28 heavy (non-hydrogen) atoms. The zero-order chi connectivity index (χ0) is 20.7. The van der Waals surface area contributed by atoms with Crippen molar-refractivity contribution in [2.24, 2.45) is 0 Å². The Morgan fingerprint density at radius 1 is 0.964 bits per heavy atom. The van der Waals surface area contributed by atoms with E-state index >= 15 is 0 Å². The fourth-order valence-electron chi connectivity index (χ4n) is 3.04. The number of carbonyl (C=O) groups is 2. The molecule has 2 rings (SSSR count). The highest BCUT2D eigenvalue weighted by molar-refractivity contribution is 5.88. The van der Waals surface area contributed by atoms with E-state index in [0.29, 0.717) is 6.54 Å². The second-order valence-electron chi connectivity index (χ2n) is 7.67. The van der Waals surface area contributed by atoms with E-state index in [1.54, 1.807) is 11.8 Å². The van der Waals surface area contributed by atoms with Gasteiger partial charge in [-0.05, 0) is 45.2 Å². The van der Waals surface area contributed by atoms with E-state index in [1.807, 2.05) is 70.2 Å². The Labute approximate surface area is 169 Å². The van der Waals surface area contributed by atoms with E-state index < -0.39 is 6.04 Å². The van der Waals surface area contributed by atoms with Crippen LogP contribution in [-0.4, -0.2) is 28.8 Å². The lowest BCUT2D eigenvalue weighted by Gasteiger charge is -2.30. The first-order valence-electron chi connectivity index (χ1n) is 10.0. The summed E-state index contributed by atoms with van der Waals surface area (Å²) in [5.41, 5.74) is 4.29. The average molecular weight is 381 g/mol. The molecule has 2 aromatic rings. The molecule has 0 saturated heterocycles. The van der Waals surface area contributed by atoms with Gasteiger partial charge in [0.05, 0.1) is 6.42 Å². The molecule has 2 unspecified atom stereocenters. The van der Waals surface area contributed by atoms with Crippen molar-refractivity contribution in [3.63, 3.8) is 0 Å². The van der Waals surface area contributed by atoms with E-state index in [-0.39, 0.29) is 24.3 Å². The molecule has 0 aromatic heterocycles. The molecule has 1 N–H and O–H groups in total. The molecule has 0 saturated carbocycles. The fourth-order valence-corrected chi connectivity index (χ4v) is 3.04. The van der Waals surface area contributed by atoms with Gasteiger partial charge in [-0.2, -0.15) is 0 Å². The summed E-state index contributed by atoms with van der Waals surface area (Å²) < 4.78 is 0. The minimum atomic E-state index is -0.535. The van der Waals surface area contributed by atoms with Gasteiger partial charge >= 0.3 is 0 Å². The van der Waals surface area contributed by atoms with Gasteiger partial charge in [-0.25, -0.2) is 0 Å². The van der Waals surface area contributed by atoms with Crippen molar-refractivity contribution in [1.82, 2.24) is 10.2 Å². The maximum atomic E-state index is 13.1. The Hall–Kier alpha value is -2.62. The lowest BCUT2D eigenvalue weighted by Crippen LogP contribution is -2.49. The van der Waals surface area contributed by atoms with Crippen molar-refractivity contribution >= 4 is 11.8 Å². The van der Waals surface area contributed by atoms with Crippen LogP contribution in [0.25, 0.3) is 0 Å². The van der Waals surface area contributed by atoms with Crippen LogP contribution in [0.15, 0.2) is 48.5 Å². The molecule has 0 aliphatic heterocycles. The maximum Gasteiger partial charge on any atom is 0.242 e.